The third kappa shape index (κ3) is 15.1. The van der Waals surface area contributed by atoms with Crippen molar-refractivity contribution in [1.82, 2.24) is 46.1 Å². The molecule has 0 aliphatic carbocycles. The zero-order chi connectivity index (χ0) is 49.0. The molecule has 0 radical (unpaired) electrons. The van der Waals surface area contributed by atoms with Crippen LogP contribution in [-0.2, 0) is 36.9 Å². The van der Waals surface area contributed by atoms with Crippen molar-refractivity contribution in [3.05, 3.63) is 66.0 Å². The third-order valence-corrected chi connectivity index (χ3v) is 12.1. The number of aromatic nitrogens is 3. The van der Waals surface area contributed by atoms with E-state index in [9.17, 15) is 24.0 Å². The second-order valence-corrected chi connectivity index (χ2v) is 18.1. The lowest BCUT2D eigenvalue weighted by Gasteiger charge is -2.30. The number of carbonyl (C=O) groups is 5. The van der Waals surface area contributed by atoms with Gasteiger partial charge in [-0.2, -0.15) is 0 Å². The molecule has 0 spiro atoms. The number of likely N-dealkylation sites (tertiary alicyclic amines) is 1. The molecule has 370 valence electrons. The Hall–Kier alpha value is -6.34. The zero-order valence-electron chi connectivity index (χ0n) is 40.1. The Bertz CT molecular complexity index is 2300. The van der Waals surface area contributed by atoms with E-state index >= 15 is 0 Å². The Kier molecular flexibility index (Phi) is 20.8. The molecule has 68 heavy (non-hydrogen) atoms. The van der Waals surface area contributed by atoms with Crippen LogP contribution in [-0.4, -0.2) is 105 Å². The Balaban J connectivity index is 1.36. The first-order chi connectivity index (χ1) is 32.8. The van der Waals surface area contributed by atoms with E-state index in [1.54, 1.807) is 0 Å². The molecule has 1 aliphatic rings. The molecular weight excluding hydrogens is 865 g/mol. The largest absolute Gasteiger partial charge is 0.370 e. The highest BCUT2D eigenvalue weighted by Gasteiger charge is 2.39. The molecule has 2 aromatic heterocycles. The number of benzene rings is 2. The summed E-state index contributed by atoms with van der Waals surface area (Å²) in [6.45, 7) is 8.08. The summed E-state index contributed by atoms with van der Waals surface area (Å²) in [4.78, 5) is 81.1. The number of nitrogens with two attached hydrogens (primary N) is 3. The summed E-state index contributed by atoms with van der Waals surface area (Å²) >= 11 is 0. The Labute approximate surface area is 399 Å². The van der Waals surface area contributed by atoms with Gasteiger partial charge in [0.1, 0.15) is 35.5 Å². The van der Waals surface area contributed by atoms with Gasteiger partial charge in [-0.1, -0.05) is 75.7 Å². The van der Waals surface area contributed by atoms with Gasteiger partial charge in [0.2, 0.25) is 23.6 Å². The Morgan fingerprint density at radius 3 is 2.26 bits per heavy atom. The van der Waals surface area contributed by atoms with Crippen LogP contribution >= 0.6 is 0 Å². The first kappa shape index (κ1) is 52.6. The molecule has 1 fully saturated rings. The summed E-state index contributed by atoms with van der Waals surface area (Å²) in [6, 6.07) is 14.2. The van der Waals surface area contributed by atoms with Crippen molar-refractivity contribution in [2.75, 3.05) is 31.6 Å². The minimum atomic E-state index is -1.09. The highest BCUT2D eigenvalue weighted by atomic mass is 16.2. The summed E-state index contributed by atoms with van der Waals surface area (Å²) in [5.41, 5.74) is 26.0. The average molecular weight is 939 g/mol. The van der Waals surface area contributed by atoms with E-state index in [1.807, 2.05) is 56.3 Å². The van der Waals surface area contributed by atoms with Crippen molar-refractivity contribution in [3.8, 4) is 0 Å². The fraction of sp³-hybridized carbons (Fsp3) is 0.551. The normalized spacial score (nSPS) is 14.9. The molecule has 0 saturated carbocycles. The number of nitrogens with zero attached hydrogens (tertiary/aromatic N) is 4. The quantitative estimate of drug-likeness (QED) is 0.0170. The summed E-state index contributed by atoms with van der Waals surface area (Å²) in [5.74, 6) is -1.24. The number of guanidine groups is 1. The van der Waals surface area contributed by atoms with E-state index < -0.39 is 41.9 Å². The van der Waals surface area contributed by atoms with E-state index in [-0.39, 0.29) is 49.5 Å². The second kappa shape index (κ2) is 26.9. The molecular formula is C49H74N14O5. The monoisotopic (exact) mass is 939 g/mol. The zero-order valence-corrected chi connectivity index (χ0v) is 40.1. The summed E-state index contributed by atoms with van der Waals surface area (Å²) < 4.78 is 2.22. The Morgan fingerprint density at radius 1 is 0.824 bits per heavy atom. The van der Waals surface area contributed by atoms with Gasteiger partial charge in [-0.15, -0.1) is 0 Å². The molecule has 5 rings (SSSR count). The van der Waals surface area contributed by atoms with Crippen LogP contribution in [0.5, 0.6) is 0 Å². The maximum absolute atomic E-state index is 14.3. The van der Waals surface area contributed by atoms with Crippen molar-refractivity contribution >= 4 is 63.2 Å². The van der Waals surface area contributed by atoms with Gasteiger partial charge in [-0.05, 0) is 101 Å². The van der Waals surface area contributed by atoms with Gasteiger partial charge >= 0.3 is 0 Å². The number of imidazole rings is 1. The van der Waals surface area contributed by atoms with Crippen LogP contribution in [0.1, 0.15) is 116 Å². The number of para-hydroxylation sites is 1. The molecule has 13 N–H and O–H groups in total. The van der Waals surface area contributed by atoms with Crippen molar-refractivity contribution in [3.63, 3.8) is 0 Å². The number of nitrogens with one attached hydrogen (secondary N) is 7. The molecule has 3 heterocycles. The molecule has 1 aliphatic heterocycles. The number of carbonyl (C=O) groups excluding carboxylic acids is 5. The van der Waals surface area contributed by atoms with Gasteiger partial charge in [0.15, 0.2) is 11.8 Å². The van der Waals surface area contributed by atoms with Crippen LogP contribution in [0.4, 0.5) is 5.82 Å². The molecule has 4 atom stereocenters. The predicted octanol–water partition coefficient (Wildman–Crippen LogP) is 3.43. The number of amides is 5. The number of unbranched alkanes of at least 4 members (excludes halogenated alkanes) is 3. The average Bonchev–Trinajstić information content (AvgIpc) is 3.96. The number of hydrogen-bond donors (Lipinski definition) is 10. The van der Waals surface area contributed by atoms with Gasteiger partial charge in [-0.25, -0.2) is 9.97 Å². The molecule has 1 saturated heterocycles. The molecule has 0 bridgehead atoms. The van der Waals surface area contributed by atoms with Crippen molar-refractivity contribution in [2.24, 2.45) is 23.1 Å². The maximum atomic E-state index is 14.3. The van der Waals surface area contributed by atoms with Gasteiger partial charge in [0.05, 0.1) is 11.0 Å². The topological polar surface area (TPSA) is 293 Å². The van der Waals surface area contributed by atoms with E-state index in [0.29, 0.717) is 94.4 Å². The second-order valence-electron chi connectivity index (χ2n) is 18.1. The smallest absolute Gasteiger partial charge is 0.260 e. The van der Waals surface area contributed by atoms with Crippen LogP contribution in [0.2, 0.25) is 0 Å². The van der Waals surface area contributed by atoms with E-state index in [4.69, 9.17) is 32.6 Å². The fourth-order valence-electron chi connectivity index (χ4n) is 8.63. The first-order valence-corrected chi connectivity index (χ1v) is 24.4. The number of anilines is 1. The maximum Gasteiger partial charge on any atom is 0.260 e. The summed E-state index contributed by atoms with van der Waals surface area (Å²) in [6.07, 6.45) is 7.58. The SMILES string of the molecule is CCCCc1nc2c(NNC(=O)C(CCCNC(=N)N)NC(=O)C(CC(C)C)NC(=O)C3CCCN3C(=O)C(CCCCN)NC(=O)CCCCN)nc3ccccc3c2n1Cc1ccccc1. The standard InChI is InChI=1S/C49H74N14O5/c1-4-5-24-40-59-42-43(63(40)31-33-17-7-6-8-18-33)34-19-9-10-20-35(34)56-44(42)60-61-46(66)36(22-15-28-54-49(52)53)57-45(65)38(30-32(2)3)58-47(67)39-23-16-29-62(39)48(68)37(21-11-13-26-50)55-41(64)25-12-14-27-51/h6-10,17-20,32,36-39H,4-5,11-16,21-31,50-51H2,1-3H3,(H,55,64)(H,56,60)(H,57,65)(H,58,67)(H,61,66)(H4,52,53,54). The highest BCUT2D eigenvalue weighted by Crippen LogP contribution is 2.31. The van der Waals surface area contributed by atoms with Crippen molar-refractivity contribution < 1.29 is 24.0 Å². The summed E-state index contributed by atoms with van der Waals surface area (Å²) in [7, 11) is 0. The molecule has 5 amide bonds. The van der Waals surface area contributed by atoms with Crippen LogP contribution in [0.25, 0.3) is 21.9 Å². The lowest BCUT2D eigenvalue weighted by atomic mass is 10.0. The van der Waals surface area contributed by atoms with Crippen LogP contribution < -0.4 is 49.3 Å². The third-order valence-electron chi connectivity index (χ3n) is 12.1. The van der Waals surface area contributed by atoms with Crippen molar-refractivity contribution in [1.29, 1.82) is 5.41 Å². The number of hydrazine groups is 1. The number of rotatable bonds is 28. The Morgan fingerprint density at radius 2 is 1.54 bits per heavy atom. The lowest BCUT2D eigenvalue weighted by Crippen LogP contribution is -2.58. The number of hydrogen-bond acceptors (Lipinski definition) is 11. The molecule has 19 nitrogen and oxygen atoms in total. The predicted molar refractivity (Wildman–Crippen MR) is 266 cm³/mol. The van der Waals surface area contributed by atoms with Crippen LogP contribution in [0.15, 0.2) is 54.6 Å². The molecule has 19 heteroatoms. The van der Waals surface area contributed by atoms with Gasteiger partial charge in [0.25, 0.3) is 5.91 Å². The molecule has 4 aromatic rings. The minimum absolute atomic E-state index is 0.0345. The van der Waals surface area contributed by atoms with Gasteiger partial charge in [0, 0.05) is 37.9 Å². The summed E-state index contributed by atoms with van der Waals surface area (Å²) in [5, 5.41) is 20.0. The number of aryl methyl sites for hydroxylation is 1. The van der Waals surface area contributed by atoms with E-state index in [2.05, 4.69) is 55.7 Å². The minimum Gasteiger partial charge on any atom is -0.370 e. The van der Waals surface area contributed by atoms with Gasteiger partial charge < -0.3 is 47.9 Å². The molecule has 4 unspecified atom stereocenters. The van der Waals surface area contributed by atoms with E-state index in [0.717, 1.165) is 41.6 Å². The number of pyridine rings is 1. The fourth-order valence-corrected chi connectivity index (χ4v) is 8.63. The first-order valence-electron chi connectivity index (χ1n) is 24.4. The van der Waals surface area contributed by atoms with Gasteiger partial charge in [-0.3, -0.25) is 40.2 Å². The number of fused-ring (bicyclic) bond motifs is 3. The highest BCUT2D eigenvalue weighted by molar-refractivity contribution is 6.07. The van der Waals surface area contributed by atoms with Crippen LogP contribution in [0.3, 0.4) is 0 Å². The van der Waals surface area contributed by atoms with Crippen molar-refractivity contribution in [2.45, 2.75) is 141 Å². The lowest BCUT2D eigenvalue weighted by molar-refractivity contribution is -0.142. The van der Waals surface area contributed by atoms with E-state index in [1.165, 1.54) is 4.90 Å². The molecule has 2 aromatic carbocycles. The van der Waals surface area contributed by atoms with Crippen LogP contribution in [0, 0.1) is 11.3 Å².